The molecule has 0 aromatic carbocycles. The minimum atomic E-state index is -0.366. The van der Waals surface area contributed by atoms with Crippen molar-refractivity contribution in [1.29, 1.82) is 0 Å². The summed E-state index contributed by atoms with van der Waals surface area (Å²) in [7, 11) is 1.64. The molecule has 0 aromatic heterocycles. The Labute approximate surface area is 97.1 Å². The van der Waals surface area contributed by atoms with E-state index in [4.69, 9.17) is 11.2 Å². The average Bonchev–Trinajstić information content (AvgIpc) is 2.31. The first-order valence-corrected chi connectivity index (χ1v) is 5.66. The maximum atomic E-state index is 12.1. The van der Waals surface area contributed by atoms with Crippen molar-refractivity contribution < 1.29 is 9.53 Å². The van der Waals surface area contributed by atoms with E-state index in [2.05, 4.69) is 16.6 Å². The van der Waals surface area contributed by atoms with Crippen molar-refractivity contribution in [3.8, 4) is 12.3 Å². The number of rotatable bonds is 5. The number of amides is 1. The van der Waals surface area contributed by atoms with Gasteiger partial charge in [-0.05, 0) is 25.9 Å². The second-order valence-electron chi connectivity index (χ2n) is 4.17. The fourth-order valence-electron chi connectivity index (χ4n) is 2.05. The first kappa shape index (κ1) is 13.0. The van der Waals surface area contributed by atoms with Crippen molar-refractivity contribution in [3.63, 3.8) is 0 Å². The summed E-state index contributed by atoms with van der Waals surface area (Å²) in [6, 6.07) is 0. The topological polar surface area (TPSA) is 50.4 Å². The number of nitrogens with one attached hydrogen (secondary N) is 2. The molecule has 90 valence electrons. The SMILES string of the molecule is C#CCCNC(=O)C1(COC)CCNCC1. The summed E-state index contributed by atoms with van der Waals surface area (Å²) in [4.78, 5) is 12.1. The first-order chi connectivity index (χ1) is 7.75. The number of methoxy groups -OCH3 is 1. The number of hydrogen-bond donors (Lipinski definition) is 2. The molecule has 1 rings (SSSR count). The van der Waals surface area contributed by atoms with Crippen molar-refractivity contribution in [2.45, 2.75) is 19.3 Å². The molecular weight excluding hydrogens is 204 g/mol. The Hall–Kier alpha value is -1.05. The van der Waals surface area contributed by atoms with E-state index in [9.17, 15) is 4.79 Å². The summed E-state index contributed by atoms with van der Waals surface area (Å²) in [5.74, 6) is 2.59. The summed E-state index contributed by atoms with van der Waals surface area (Å²) >= 11 is 0. The monoisotopic (exact) mass is 224 g/mol. The lowest BCUT2D eigenvalue weighted by Gasteiger charge is -2.35. The molecular formula is C12H20N2O2. The van der Waals surface area contributed by atoms with Crippen molar-refractivity contribution in [1.82, 2.24) is 10.6 Å². The zero-order valence-corrected chi connectivity index (χ0v) is 9.84. The van der Waals surface area contributed by atoms with E-state index >= 15 is 0 Å². The van der Waals surface area contributed by atoms with Gasteiger partial charge in [-0.3, -0.25) is 4.79 Å². The van der Waals surface area contributed by atoms with Crippen LogP contribution in [0.5, 0.6) is 0 Å². The highest BCUT2D eigenvalue weighted by Gasteiger charge is 2.39. The van der Waals surface area contributed by atoms with Gasteiger partial charge in [0.25, 0.3) is 0 Å². The normalized spacial score (nSPS) is 18.8. The van der Waals surface area contributed by atoms with Crippen LogP contribution in [-0.4, -0.2) is 39.3 Å². The fourth-order valence-corrected chi connectivity index (χ4v) is 2.05. The summed E-state index contributed by atoms with van der Waals surface area (Å²) < 4.78 is 5.18. The van der Waals surface area contributed by atoms with Crippen molar-refractivity contribution in [2.24, 2.45) is 5.41 Å². The van der Waals surface area contributed by atoms with Crippen LogP contribution in [0, 0.1) is 17.8 Å². The van der Waals surface area contributed by atoms with E-state index < -0.39 is 0 Å². The highest BCUT2D eigenvalue weighted by atomic mass is 16.5. The highest BCUT2D eigenvalue weighted by molar-refractivity contribution is 5.83. The fraction of sp³-hybridized carbons (Fsp3) is 0.750. The maximum Gasteiger partial charge on any atom is 0.228 e. The van der Waals surface area contributed by atoms with Crippen LogP contribution < -0.4 is 10.6 Å². The highest BCUT2D eigenvalue weighted by Crippen LogP contribution is 2.29. The van der Waals surface area contributed by atoms with Crippen LogP contribution in [0.1, 0.15) is 19.3 Å². The third kappa shape index (κ3) is 3.22. The van der Waals surface area contributed by atoms with Crippen LogP contribution in [0.15, 0.2) is 0 Å². The molecule has 16 heavy (non-hydrogen) atoms. The Kier molecular flexibility index (Phi) is 5.30. The zero-order chi connectivity index (χ0) is 11.9. The quantitative estimate of drug-likeness (QED) is 0.516. The van der Waals surface area contributed by atoms with Crippen LogP contribution in [0.25, 0.3) is 0 Å². The minimum absolute atomic E-state index is 0.0751. The Morgan fingerprint density at radius 3 is 2.81 bits per heavy atom. The number of hydrogen-bond acceptors (Lipinski definition) is 3. The van der Waals surface area contributed by atoms with Crippen molar-refractivity contribution in [2.75, 3.05) is 33.4 Å². The molecule has 0 unspecified atom stereocenters. The van der Waals surface area contributed by atoms with Crippen LogP contribution in [0.3, 0.4) is 0 Å². The molecule has 0 aliphatic carbocycles. The van der Waals surface area contributed by atoms with Crippen molar-refractivity contribution >= 4 is 5.91 Å². The van der Waals surface area contributed by atoms with E-state index in [0.717, 1.165) is 25.9 Å². The standard InChI is InChI=1S/C12H20N2O2/c1-3-4-7-14-11(15)12(10-16-2)5-8-13-9-6-12/h1,13H,4-10H2,2H3,(H,14,15). The van der Waals surface area contributed by atoms with Gasteiger partial charge in [-0.2, -0.15) is 0 Å². The third-order valence-electron chi connectivity index (χ3n) is 3.02. The molecule has 1 saturated heterocycles. The lowest BCUT2D eigenvalue weighted by atomic mass is 9.78. The van der Waals surface area contributed by atoms with Gasteiger partial charge < -0.3 is 15.4 Å². The predicted octanol–water partition coefficient (Wildman–Crippen LogP) is 0.142. The molecule has 4 nitrogen and oxygen atoms in total. The Morgan fingerprint density at radius 1 is 1.56 bits per heavy atom. The molecule has 2 N–H and O–H groups in total. The second-order valence-corrected chi connectivity index (χ2v) is 4.17. The molecule has 1 heterocycles. The third-order valence-corrected chi connectivity index (χ3v) is 3.02. The number of carbonyl (C=O) groups is 1. The second kappa shape index (κ2) is 6.51. The largest absolute Gasteiger partial charge is 0.384 e. The van der Waals surface area contributed by atoms with Gasteiger partial charge in [0.2, 0.25) is 5.91 Å². The smallest absolute Gasteiger partial charge is 0.228 e. The molecule has 0 atom stereocenters. The summed E-state index contributed by atoms with van der Waals surface area (Å²) in [6.07, 6.45) is 7.37. The number of piperidine rings is 1. The van der Waals surface area contributed by atoms with Gasteiger partial charge in [0.1, 0.15) is 0 Å². The molecule has 0 spiro atoms. The van der Waals surface area contributed by atoms with Crippen LogP contribution in [0.4, 0.5) is 0 Å². The van der Waals surface area contributed by atoms with E-state index in [1.165, 1.54) is 0 Å². The Balaban J connectivity index is 2.54. The van der Waals surface area contributed by atoms with Crippen LogP contribution >= 0.6 is 0 Å². The van der Waals surface area contributed by atoms with Gasteiger partial charge >= 0.3 is 0 Å². The molecule has 0 aromatic rings. The van der Waals surface area contributed by atoms with Crippen LogP contribution in [-0.2, 0) is 9.53 Å². The van der Waals surface area contributed by atoms with E-state index in [-0.39, 0.29) is 11.3 Å². The zero-order valence-electron chi connectivity index (χ0n) is 9.84. The average molecular weight is 224 g/mol. The molecule has 4 heteroatoms. The van der Waals surface area contributed by atoms with E-state index in [1.807, 2.05) is 0 Å². The van der Waals surface area contributed by atoms with E-state index in [1.54, 1.807) is 7.11 Å². The molecule has 1 aliphatic heterocycles. The first-order valence-electron chi connectivity index (χ1n) is 5.66. The summed E-state index contributed by atoms with van der Waals surface area (Å²) in [6.45, 7) is 2.77. The molecule has 1 fully saturated rings. The lowest BCUT2D eigenvalue weighted by molar-refractivity contribution is -0.136. The Bertz CT molecular complexity index is 259. The number of carbonyl (C=O) groups excluding carboxylic acids is 1. The summed E-state index contributed by atoms with van der Waals surface area (Å²) in [5.41, 5.74) is -0.366. The van der Waals surface area contributed by atoms with Gasteiger partial charge in [0.05, 0.1) is 12.0 Å². The van der Waals surface area contributed by atoms with Gasteiger partial charge in [0.15, 0.2) is 0 Å². The summed E-state index contributed by atoms with van der Waals surface area (Å²) in [5, 5.41) is 6.14. The van der Waals surface area contributed by atoms with E-state index in [0.29, 0.717) is 19.6 Å². The predicted molar refractivity (Wildman–Crippen MR) is 62.9 cm³/mol. The molecule has 0 saturated carbocycles. The number of terminal acetylenes is 1. The molecule has 1 aliphatic rings. The van der Waals surface area contributed by atoms with Gasteiger partial charge in [-0.25, -0.2) is 0 Å². The van der Waals surface area contributed by atoms with Gasteiger partial charge in [-0.1, -0.05) is 0 Å². The maximum absolute atomic E-state index is 12.1. The van der Waals surface area contributed by atoms with Crippen LogP contribution in [0.2, 0.25) is 0 Å². The molecule has 0 bridgehead atoms. The van der Waals surface area contributed by atoms with Gasteiger partial charge in [-0.15, -0.1) is 12.3 Å². The number of ether oxygens (including phenoxy) is 1. The minimum Gasteiger partial charge on any atom is -0.384 e. The molecule has 0 radical (unpaired) electrons. The van der Waals surface area contributed by atoms with Gasteiger partial charge in [0, 0.05) is 20.1 Å². The molecule has 1 amide bonds. The van der Waals surface area contributed by atoms with Crippen molar-refractivity contribution in [3.05, 3.63) is 0 Å². The Morgan fingerprint density at radius 2 is 2.25 bits per heavy atom. The lowest BCUT2D eigenvalue weighted by Crippen LogP contribution is -2.50.